The number of nitrogens with zero attached hydrogens (tertiary/aromatic N) is 2. The Labute approximate surface area is 110 Å². The molecule has 0 amide bonds. The fourth-order valence-corrected chi connectivity index (χ4v) is 2.98. The molecule has 0 saturated carbocycles. The molecule has 0 spiro atoms. The average molecular weight is 304 g/mol. The van der Waals surface area contributed by atoms with Gasteiger partial charge in [-0.25, -0.2) is 0 Å². The number of pyridine rings is 1. The average Bonchev–Trinajstić information content (AvgIpc) is 2.30. The van der Waals surface area contributed by atoms with Crippen LogP contribution in [-0.2, 0) is 6.54 Å². The summed E-state index contributed by atoms with van der Waals surface area (Å²) in [5, 5.41) is 0. The third-order valence-electron chi connectivity index (χ3n) is 3.07. The number of rotatable bonds is 3. The molecule has 0 aliphatic carbocycles. The quantitative estimate of drug-likeness (QED) is 0.795. The van der Waals surface area contributed by atoms with Gasteiger partial charge in [-0.3, -0.25) is 9.88 Å². The summed E-state index contributed by atoms with van der Waals surface area (Å²) >= 11 is 9.46. The Hall–Kier alpha value is -0.120. The van der Waals surface area contributed by atoms with Gasteiger partial charge in [0.15, 0.2) is 0 Å². The van der Waals surface area contributed by atoms with E-state index in [1.807, 2.05) is 12.4 Å². The first-order chi connectivity index (χ1) is 7.79. The van der Waals surface area contributed by atoms with Crippen molar-refractivity contribution < 1.29 is 0 Å². The van der Waals surface area contributed by atoms with Crippen LogP contribution >= 0.6 is 27.5 Å². The molecule has 4 heteroatoms. The summed E-state index contributed by atoms with van der Waals surface area (Å²) in [4.78, 5) is 6.67. The van der Waals surface area contributed by atoms with E-state index in [4.69, 9.17) is 11.6 Å². The number of piperidine rings is 1. The number of likely N-dealkylation sites (tertiary alicyclic amines) is 1. The second kappa shape index (κ2) is 5.99. The van der Waals surface area contributed by atoms with Gasteiger partial charge < -0.3 is 0 Å². The van der Waals surface area contributed by atoms with E-state index in [0.717, 1.165) is 23.4 Å². The van der Waals surface area contributed by atoms with E-state index >= 15 is 0 Å². The lowest BCUT2D eigenvalue weighted by molar-refractivity contribution is 0.155. The standard InChI is InChI=1S/C12H16BrClN2/c13-11-5-10(7-15-8-11)9-16-4-2-1-3-12(16)6-14/h5,7-8,12H,1-4,6,9H2. The maximum absolute atomic E-state index is 6.01. The predicted octanol–water partition coefficient (Wildman–Crippen LogP) is 3.44. The SMILES string of the molecule is ClCC1CCCCN1Cc1cncc(Br)c1. The second-order valence-corrected chi connectivity index (χ2v) is 5.51. The molecule has 88 valence electrons. The van der Waals surface area contributed by atoms with Crippen molar-refractivity contribution in [1.29, 1.82) is 0 Å². The van der Waals surface area contributed by atoms with Gasteiger partial charge in [0.1, 0.15) is 0 Å². The molecule has 0 N–H and O–H groups in total. The summed E-state index contributed by atoms with van der Waals surface area (Å²) in [6.07, 6.45) is 7.58. The first-order valence-electron chi connectivity index (χ1n) is 5.69. The zero-order chi connectivity index (χ0) is 11.4. The van der Waals surface area contributed by atoms with Crippen LogP contribution in [0.3, 0.4) is 0 Å². The summed E-state index contributed by atoms with van der Waals surface area (Å²) in [5.41, 5.74) is 1.26. The third-order valence-corrected chi connectivity index (χ3v) is 3.86. The Morgan fingerprint density at radius 1 is 1.44 bits per heavy atom. The van der Waals surface area contributed by atoms with Gasteiger partial charge in [0.05, 0.1) is 0 Å². The molecule has 1 fully saturated rings. The highest BCUT2D eigenvalue weighted by Crippen LogP contribution is 2.21. The summed E-state index contributed by atoms with van der Waals surface area (Å²) in [5.74, 6) is 0.738. The third kappa shape index (κ3) is 3.19. The van der Waals surface area contributed by atoms with E-state index in [0.29, 0.717) is 6.04 Å². The summed E-state index contributed by atoms with van der Waals surface area (Å²) < 4.78 is 1.05. The molecule has 1 aromatic heterocycles. The number of halogens is 2. The number of hydrogen-bond acceptors (Lipinski definition) is 2. The highest BCUT2D eigenvalue weighted by Gasteiger charge is 2.21. The van der Waals surface area contributed by atoms with Crippen LogP contribution in [-0.4, -0.2) is 28.4 Å². The van der Waals surface area contributed by atoms with Crippen molar-refractivity contribution in [2.75, 3.05) is 12.4 Å². The van der Waals surface area contributed by atoms with Gasteiger partial charge >= 0.3 is 0 Å². The first kappa shape index (κ1) is 12.3. The van der Waals surface area contributed by atoms with Crippen molar-refractivity contribution in [2.24, 2.45) is 0 Å². The minimum Gasteiger partial charge on any atom is -0.295 e. The monoisotopic (exact) mass is 302 g/mol. The Kier molecular flexibility index (Phi) is 4.62. The molecule has 2 nitrogen and oxygen atoms in total. The molecule has 0 bridgehead atoms. The largest absolute Gasteiger partial charge is 0.295 e. The van der Waals surface area contributed by atoms with E-state index in [1.54, 1.807) is 0 Å². The van der Waals surface area contributed by atoms with Crippen molar-refractivity contribution in [3.63, 3.8) is 0 Å². The number of aromatic nitrogens is 1. The van der Waals surface area contributed by atoms with Crippen LogP contribution < -0.4 is 0 Å². The van der Waals surface area contributed by atoms with Gasteiger partial charge in [0.2, 0.25) is 0 Å². The van der Waals surface area contributed by atoms with E-state index in [9.17, 15) is 0 Å². The Bertz CT molecular complexity index is 346. The maximum Gasteiger partial charge on any atom is 0.0410 e. The molecule has 1 aliphatic rings. The van der Waals surface area contributed by atoms with Crippen molar-refractivity contribution in [2.45, 2.75) is 31.8 Å². The maximum atomic E-state index is 6.01. The Morgan fingerprint density at radius 3 is 3.06 bits per heavy atom. The van der Waals surface area contributed by atoms with Crippen LogP contribution in [0.1, 0.15) is 24.8 Å². The molecular weight excluding hydrogens is 288 g/mol. The predicted molar refractivity (Wildman–Crippen MR) is 70.7 cm³/mol. The molecule has 1 unspecified atom stereocenters. The second-order valence-electron chi connectivity index (χ2n) is 4.29. The lowest BCUT2D eigenvalue weighted by atomic mass is 10.0. The molecule has 2 heterocycles. The van der Waals surface area contributed by atoms with Crippen molar-refractivity contribution in [1.82, 2.24) is 9.88 Å². The van der Waals surface area contributed by atoms with Gasteiger partial charge in [-0.05, 0) is 46.9 Å². The Morgan fingerprint density at radius 2 is 2.31 bits per heavy atom. The Balaban J connectivity index is 2.02. The molecular formula is C12H16BrClN2. The molecule has 0 radical (unpaired) electrons. The van der Waals surface area contributed by atoms with Gasteiger partial charge in [0.25, 0.3) is 0 Å². The van der Waals surface area contributed by atoms with Crippen molar-refractivity contribution >= 4 is 27.5 Å². The van der Waals surface area contributed by atoms with Gasteiger partial charge in [-0.2, -0.15) is 0 Å². The number of hydrogen-bond donors (Lipinski definition) is 0. The molecule has 1 saturated heterocycles. The van der Waals surface area contributed by atoms with Crippen molar-refractivity contribution in [3.8, 4) is 0 Å². The molecule has 16 heavy (non-hydrogen) atoms. The zero-order valence-electron chi connectivity index (χ0n) is 9.20. The van der Waals surface area contributed by atoms with Gasteiger partial charge in [0, 0.05) is 35.3 Å². The molecule has 0 aromatic carbocycles. The van der Waals surface area contributed by atoms with Crippen LogP contribution in [0.15, 0.2) is 22.9 Å². The van der Waals surface area contributed by atoms with Crippen LogP contribution in [0.5, 0.6) is 0 Å². The fourth-order valence-electron chi connectivity index (χ4n) is 2.22. The molecule has 2 rings (SSSR count). The lowest BCUT2D eigenvalue weighted by Gasteiger charge is -2.34. The smallest absolute Gasteiger partial charge is 0.0410 e. The summed E-state index contributed by atoms with van der Waals surface area (Å²) in [6, 6.07) is 2.67. The van der Waals surface area contributed by atoms with Crippen LogP contribution in [0, 0.1) is 0 Å². The van der Waals surface area contributed by atoms with Crippen LogP contribution in [0.25, 0.3) is 0 Å². The van der Waals surface area contributed by atoms with Crippen LogP contribution in [0.2, 0.25) is 0 Å². The summed E-state index contributed by atoms with van der Waals surface area (Å²) in [6.45, 7) is 2.12. The molecule has 1 atom stereocenters. The van der Waals surface area contributed by atoms with Crippen LogP contribution in [0.4, 0.5) is 0 Å². The fraction of sp³-hybridized carbons (Fsp3) is 0.583. The van der Waals surface area contributed by atoms with E-state index in [-0.39, 0.29) is 0 Å². The molecule has 1 aromatic rings. The van der Waals surface area contributed by atoms with E-state index < -0.39 is 0 Å². The highest BCUT2D eigenvalue weighted by molar-refractivity contribution is 9.10. The summed E-state index contributed by atoms with van der Waals surface area (Å²) in [7, 11) is 0. The highest BCUT2D eigenvalue weighted by atomic mass is 79.9. The van der Waals surface area contributed by atoms with Crippen molar-refractivity contribution in [3.05, 3.63) is 28.5 Å². The minimum atomic E-state index is 0.536. The van der Waals surface area contributed by atoms with E-state index in [1.165, 1.54) is 24.8 Å². The molecule has 1 aliphatic heterocycles. The first-order valence-corrected chi connectivity index (χ1v) is 7.02. The van der Waals surface area contributed by atoms with E-state index in [2.05, 4.69) is 31.9 Å². The van der Waals surface area contributed by atoms with Gasteiger partial charge in [-0.15, -0.1) is 11.6 Å². The lowest BCUT2D eigenvalue weighted by Crippen LogP contribution is -2.40. The topological polar surface area (TPSA) is 16.1 Å². The minimum absolute atomic E-state index is 0.536. The number of alkyl halides is 1. The van der Waals surface area contributed by atoms with Gasteiger partial charge in [-0.1, -0.05) is 6.42 Å². The zero-order valence-corrected chi connectivity index (χ0v) is 11.5. The normalized spacial score (nSPS) is 22.2.